The molecule has 0 aliphatic carbocycles. The number of aryl methyl sites for hydroxylation is 2. The van der Waals surface area contributed by atoms with Crippen LogP contribution in [0.25, 0.3) is 11.3 Å². The molecular formula is C29H41N3O3. The van der Waals surface area contributed by atoms with Gasteiger partial charge in [-0.1, -0.05) is 75.7 Å². The lowest BCUT2D eigenvalue weighted by Gasteiger charge is -2.27. The first-order valence-corrected chi connectivity index (χ1v) is 12.6. The molecule has 0 amide bonds. The summed E-state index contributed by atoms with van der Waals surface area (Å²) in [4.78, 5) is 2.28. The summed E-state index contributed by atoms with van der Waals surface area (Å²) in [5.41, 5.74) is 4.14. The smallest absolute Gasteiger partial charge is 0.222 e. The van der Waals surface area contributed by atoms with Gasteiger partial charge in [0.25, 0.3) is 0 Å². The molecule has 0 saturated heterocycles. The summed E-state index contributed by atoms with van der Waals surface area (Å²) in [5, 5.41) is 15.6. The number of nitrogens with zero attached hydrogens (tertiary/aromatic N) is 3. The Hall–Kier alpha value is -2.67. The molecule has 0 aliphatic heterocycles. The first-order chi connectivity index (χ1) is 16.7. The van der Waals surface area contributed by atoms with E-state index in [9.17, 15) is 5.11 Å². The first-order valence-electron chi connectivity index (χ1n) is 12.6. The van der Waals surface area contributed by atoms with E-state index in [0.29, 0.717) is 44.0 Å². The van der Waals surface area contributed by atoms with Crippen molar-refractivity contribution in [2.24, 2.45) is 18.9 Å². The van der Waals surface area contributed by atoms with Crippen LogP contribution in [0.4, 0.5) is 0 Å². The highest BCUT2D eigenvalue weighted by Crippen LogP contribution is 2.34. The average molecular weight is 480 g/mol. The van der Waals surface area contributed by atoms with Crippen molar-refractivity contribution in [3.05, 3.63) is 65.7 Å². The van der Waals surface area contributed by atoms with Crippen molar-refractivity contribution >= 4 is 0 Å². The van der Waals surface area contributed by atoms with Crippen molar-refractivity contribution in [1.82, 2.24) is 14.7 Å². The quantitative estimate of drug-likeness (QED) is 0.342. The van der Waals surface area contributed by atoms with Crippen LogP contribution in [-0.2, 0) is 18.3 Å². The summed E-state index contributed by atoms with van der Waals surface area (Å²) >= 11 is 0. The molecule has 190 valence electrons. The number of hydrogen-bond donors (Lipinski definition) is 1. The largest absolute Gasteiger partial charge is 0.439 e. The lowest BCUT2D eigenvalue weighted by molar-refractivity contribution is 0.00516. The lowest BCUT2D eigenvalue weighted by Crippen LogP contribution is -2.37. The van der Waals surface area contributed by atoms with Crippen molar-refractivity contribution in [3.63, 3.8) is 0 Å². The minimum absolute atomic E-state index is 0.331. The van der Waals surface area contributed by atoms with Crippen molar-refractivity contribution in [1.29, 1.82) is 0 Å². The summed E-state index contributed by atoms with van der Waals surface area (Å²) in [6.45, 7) is 13.6. The van der Waals surface area contributed by atoms with Crippen LogP contribution in [0.2, 0.25) is 0 Å². The van der Waals surface area contributed by atoms with Crippen LogP contribution in [0.1, 0.15) is 38.8 Å². The van der Waals surface area contributed by atoms with E-state index in [0.717, 1.165) is 29.1 Å². The number of ether oxygens (including phenoxy) is 2. The van der Waals surface area contributed by atoms with Gasteiger partial charge in [-0.05, 0) is 30.9 Å². The Morgan fingerprint density at radius 2 is 1.60 bits per heavy atom. The van der Waals surface area contributed by atoms with Gasteiger partial charge in [0.05, 0.1) is 18.3 Å². The van der Waals surface area contributed by atoms with E-state index in [1.54, 1.807) is 0 Å². The van der Waals surface area contributed by atoms with E-state index in [1.165, 1.54) is 5.56 Å². The van der Waals surface area contributed by atoms with Crippen LogP contribution < -0.4 is 4.74 Å². The fourth-order valence-electron chi connectivity index (χ4n) is 4.10. The van der Waals surface area contributed by atoms with Crippen LogP contribution in [0.3, 0.4) is 0 Å². The molecule has 1 N–H and O–H groups in total. The van der Waals surface area contributed by atoms with E-state index < -0.39 is 6.10 Å². The molecule has 0 fully saturated rings. The fourth-order valence-corrected chi connectivity index (χ4v) is 4.10. The van der Waals surface area contributed by atoms with Crippen molar-refractivity contribution in [2.75, 3.05) is 26.3 Å². The van der Waals surface area contributed by atoms with Crippen LogP contribution >= 0.6 is 0 Å². The van der Waals surface area contributed by atoms with Crippen LogP contribution in [0.15, 0.2) is 54.6 Å². The maximum absolute atomic E-state index is 10.7. The molecule has 35 heavy (non-hydrogen) atoms. The van der Waals surface area contributed by atoms with E-state index in [-0.39, 0.29) is 0 Å². The molecule has 0 unspecified atom stereocenters. The standard InChI is InChI=1S/C29H41N3O3/c1-21(2)16-32(17-25(33)20-34-19-22(3)4)18-27-28(24-10-8-7-9-11-24)30-31(6)29(27)35-26-14-12-23(5)13-15-26/h7-15,21-22,25,33H,16-20H2,1-6H3/t25-/m0/s1. The van der Waals surface area contributed by atoms with Gasteiger partial charge in [-0.2, -0.15) is 5.10 Å². The number of aromatic nitrogens is 2. The zero-order chi connectivity index (χ0) is 25.4. The zero-order valence-electron chi connectivity index (χ0n) is 22.1. The van der Waals surface area contributed by atoms with E-state index >= 15 is 0 Å². The molecule has 1 aromatic heterocycles. The summed E-state index contributed by atoms with van der Waals surface area (Å²) < 4.78 is 13.9. The second-order valence-corrected chi connectivity index (χ2v) is 10.2. The van der Waals surface area contributed by atoms with Crippen molar-refractivity contribution < 1.29 is 14.6 Å². The molecule has 6 nitrogen and oxygen atoms in total. The number of rotatable bonds is 13. The van der Waals surface area contributed by atoms with Gasteiger partial charge >= 0.3 is 0 Å². The third kappa shape index (κ3) is 8.20. The maximum atomic E-state index is 10.7. The molecular weight excluding hydrogens is 438 g/mol. The molecule has 0 spiro atoms. The van der Waals surface area contributed by atoms with Crippen LogP contribution in [-0.4, -0.2) is 52.2 Å². The number of hydrogen-bond acceptors (Lipinski definition) is 5. The third-order valence-electron chi connectivity index (χ3n) is 5.61. The SMILES string of the molecule is Cc1ccc(Oc2c(CN(CC(C)C)C[C@H](O)COCC(C)C)c(-c3ccccc3)nn2C)cc1. The second-order valence-electron chi connectivity index (χ2n) is 10.2. The molecule has 3 rings (SSSR count). The van der Waals surface area contributed by atoms with Gasteiger partial charge in [0.2, 0.25) is 5.88 Å². The highest BCUT2D eigenvalue weighted by atomic mass is 16.5. The van der Waals surface area contributed by atoms with Gasteiger partial charge in [-0.3, -0.25) is 4.90 Å². The Kier molecular flexibility index (Phi) is 9.90. The minimum atomic E-state index is -0.564. The molecule has 1 atom stereocenters. The first kappa shape index (κ1) is 26.9. The van der Waals surface area contributed by atoms with Crippen molar-refractivity contribution in [2.45, 2.75) is 47.3 Å². The third-order valence-corrected chi connectivity index (χ3v) is 5.61. The molecule has 0 radical (unpaired) electrons. The summed E-state index contributed by atoms with van der Waals surface area (Å²) in [5.74, 6) is 2.38. The number of aliphatic hydroxyl groups is 1. The summed E-state index contributed by atoms with van der Waals surface area (Å²) in [6.07, 6.45) is -0.564. The highest BCUT2D eigenvalue weighted by Gasteiger charge is 2.24. The molecule has 6 heteroatoms. The maximum Gasteiger partial charge on any atom is 0.222 e. The molecule has 2 aromatic carbocycles. The van der Waals surface area contributed by atoms with E-state index in [2.05, 4.69) is 51.7 Å². The topological polar surface area (TPSA) is 59.8 Å². The minimum Gasteiger partial charge on any atom is -0.439 e. The number of benzene rings is 2. The average Bonchev–Trinajstić information content (AvgIpc) is 3.10. The Labute approximate surface area is 210 Å². The number of aliphatic hydroxyl groups excluding tert-OH is 1. The van der Waals surface area contributed by atoms with Gasteiger partial charge in [0.1, 0.15) is 11.4 Å². The van der Waals surface area contributed by atoms with Gasteiger partial charge in [-0.15, -0.1) is 0 Å². The predicted octanol–water partition coefficient (Wildman–Crippen LogP) is 5.68. The Morgan fingerprint density at radius 1 is 0.914 bits per heavy atom. The van der Waals surface area contributed by atoms with E-state index in [1.807, 2.05) is 54.2 Å². The summed E-state index contributed by atoms with van der Waals surface area (Å²) in [7, 11) is 1.92. The van der Waals surface area contributed by atoms with E-state index in [4.69, 9.17) is 14.6 Å². The zero-order valence-corrected chi connectivity index (χ0v) is 22.1. The van der Waals surface area contributed by atoms with Gasteiger partial charge in [0.15, 0.2) is 0 Å². The van der Waals surface area contributed by atoms with Crippen molar-refractivity contribution in [3.8, 4) is 22.9 Å². The molecule has 0 saturated carbocycles. The molecule has 3 aromatic rings. The van der Waals surface area contributed by atoms with Crippen LogP contribution in [0, 0.1) is 18.8 Å². The van der Waals surface area contributed by atoms with Gasteiger partial charge < -0.3 is 14.6 Å². The molecule has 0 aliphatic rings. The Bertz CT molecular complexity index is 1030. The highest BCUT2D eigenvalue weighted by molar-refractivity contribution is 5.65. The Morgan fingerprint density at radius 3 is 2.23 bits per heavy atom. The van der Waals surface area contributed by atoms with Gasteiger partial charge in [0, 0.05) is 38.9 Å². The predicted molar refractivity (Wildman–Crippen MR) is 142 cm³/mol. The summed E-state index contributed by atoms with van der Waals surface area (Å²) in [6, 6.07) is 18.3. The monoisotopic (exact) mass is 479 g/mol. The fraction of sp³-hybridized carbons (Fsp3) is 0.483. The van der Waals surface area contributed by atoms with Gasteiger partial charge in [-0.25, -0.2) is 4.68 Å². The lowest BCUT2D eigenvalue weighted by atomic mass is 10.1. The second kappa shape index (κ2) is 12.9. The molecule has 0 bridgehead atoms. The normalized spacial score (nSPS) is 12.6. The molecule has 1 heterocycles. The van der Waals surface area contributed by atoms with Crippen LogP contribution in [0.5, 0.6) is 11.6 Å². The Balaban J connectivity index is 1.91.